The van der Waals surface area contributed by atoms with Crippen molar-refractivity contribution in [3.63, 3.8) is 0 Å². The van der Waals surface area contributed by atoms with Crippen LogP contribution in [0.15, 0.2) is 36.4 Å². The van der Waals surface area contributed by atoms with E-state index in [2.05, 4.69) is 44.2 Å². The number of anilines is 1. The Labute approximate surface area is 84.5 Å². The molecule has 0 aromatic heterocycles. The summed E-state index contributed by atoms with van der Waals surface area (Å²) < 4.78 is 0. The predicted molar refractivity (Wildman–Crippen MR) is 62.4 cm³/mol. The molecule has 72 valence electrons. The molecule has 14 heavy (non-hydrogen) atoms. The van der Waals surface area contributed by atoms with Crippen molar-refractivity contribution in [2.24, 2.45) is 0 Å². The Hall–Kier alpha value is -1.50. The van der Waals surface area contributed by atoms with Crippen molar-refractivity contribution < 1.29 is 0 Å². The molecule has 0 fully saturated rings. The zero-order valence-electron chi connectivity index (χ0n) is 8.62. The highest BCUT2D eigenvalue weighted by Gasteiger charge is 2.05. The van der Waals surface area contributed by atoms with Gasteiger partial charge in [-0.05, 0) is 34.4 Å². The van der Waals surface area contributed by atoms with Gasteiger partial charge in [0.05, 0.1) is 0 Å². The normalized spacial score (nSPS) is 11.1. The monoisotopic (exact) mass is 185 g/mol. The van der Waals surface area contributed by atoms with Crippen molar-refractivity contribution in [2.75, 3.05) is 5.73 Å². The average Bonchev–Trinajstić information content (AvgIpc) is 2.16. The average molecular weight is 185 g/mol. The molecule has 0 radical (unpaired) electrons. The van der Waals surface area contributed by atoms with Crippen molar-refractivity contribution in [1.82, 2.24) is 0 Å². The third-order valence-corrected chi connectivity index (χ3v) is 2.57. The van der Waals surface area contributed by atoms with Gasteiger partial charge in [-0.25, -0.2) is 0 Å². The summed E-state index contributed by atoms with van der Waals surface area (Å²) in [6, 6.07) is 12.6. The Morgan fingerprint density at radius 2 is 1.57 bits per heavy atom. The molecule has 0 aliphatic carbocycles. The van der Waals surface area contributed by atoms with Crippen molar-refractivity contribution >= 4 is 16.5 Å². The van der Waals surface area contributed by atoms with Crippen molar-refractivity contribution in [2.45, 2.75) is 19.8 Å². The van der Waals surface area contributed by atoms with E-state index in [1.54, 1.807) is 0 Å². The van der Waals surface area contributed by atoms with Gasteiger partial charge in [-0.3, -0.25) is 0 Å². The Morgan fingerprint density at radius 1 is 1.00 bits per heavy atom. The van der Waals surface area contributed by atoms with Crippen LogP contribution in [0.5, 0.6) is 0 Å². The first-order valence-corrected chi connectivity index (χ1v) is 4.96. The summed E-state index contributed by atoms with van der Waals surface area (Å²) in [6.07, 6.45) is 0. The molecule has 2 aromatic rings. The fraction of sp³-hybridized carbons (Fsp3) is 0.231. The third kappa shape index (κ3) is 1.46. The molecule has 0 spiro atoms. The van der Waals surface area contributed by atoms with Crippen LogP contribution in [0.4, 0.5) is 5.69 Å². The molecule has 0 atom stereocenters. The summed E-state index contributed by atoms with van der Waals surface area (Å²) in [6.45, 7) is 4.33. The lowest BCUT2D eigenvalue weighted by atomic mass is 9.97. The minimum Gasteiger partial charge on any atom is -0.398 e. The summed E-state index contributed by atoms with van der Waals surface area (Å²) in [5, 5.41) is 2.49. The molecule has 0 amide bonds. The molecule has 1 nitrogen and oxygen atoms in total. The first kappa shape index (κ1) is 9.07. The van der Waals surface area contributed by atoms with Gasteiger partial charge < -0.3 is 5.73 Å². The van der Waals surface area contributed by atoms with Crippen LogP contribution < -0.4 is 5.73 Å². The predicted octanol–water partition coefficient (Wildman–Crippen LogP) is 3.55. The second-order valence-electron chi connectivity index (χ2n) is 3.98. The van der Waals surface area contributed by atoms with Gasteiger partial charge in [0.2, 0.25) is 0 Å². The maximum absolute atomic E-state index is 5.99. The molecular formula is C13H15N. The summed E-state index contributed by atoms with van der Waals surface area (Å²) in [4.78, 5) is 0. The van der Waals surface area contributed by atoms with Crippen molar-refractivity contribution in [3.05, 3.63) is 42.0 Å². The summed E-state index contributed by atoms with van der Waals surface area (Å²) >= 11 is 0. The fourth-order valence-corrected chi connectivity index (χ4v) is 1.78. The highest BCUT2D eigenvalue weighted by molar-refractivity contribution is 5.86. The SMILES string of the molecule is CC(C)c1cc2ccccc2cc1N. The van der Waals surface area contributed by atoms with Crippen LogP contribution in [-0.2, 0) is 0 Å². The van der Waals surface area contributed by atoms with Crippen LogP contribution in [0.3, 0.4) is 0 Å². The number of benzene rings is 2. The van der Waals surface area contributed by atoms with E-state index in [-0.39, 0.29) is 0 Å². The molecule has 0 aliphatic rings. The Balaban J connectivity index is 2.71. The van der Waals surface area contributed by atoms with E-state index >= 15 is 0 Å². The van der Waals surface area contributed by atoms with Gasteiger partial charge in [0.25, 0.3) is 0 Å². The van der Waals surface area contributed by atoms with Gasteiger partial charge in [0.1, 0.15) is 0 Å². The van der Waals surface area contributed by atoms with E-state index in [0.29, 0.717) is 5.92 Å². The van der Waals surface area contributed by atoms with Crippen LogP contribution in [0, 0.1) is 0 Å². The first-order chi connectivity index (χ1) is 6.68. The van der Waals surface area contributed by atoms with Crippen LogP contribution >= 0.6 is 0 Å². The Bertz CT molecular complexity index is 458. The quantitative estimate of drug-likeness (QED) is 0.675. The van der Waals surface area contributed by atoms with E-state index in [9.17, 15) is 0 Å². The molecular weight excluding hydrogens is 170 g/mol. The van der Waals surface area contributed by atoms with Crippen molar-refractivity contribution in [1.29, 1.82) is 0 Å². The number of nitrogens with two attached hydrogens (primary N) is 1. The van der Waals surface area contributed by atoms with Crippen LogP contribution in [0.2, 0.25) is 0 Å². The summed E-state index contributed by atoms with van der Waals surface area (Å²) in [5.74, 6) is 0.486. The number of fused-ring (bicyclic) bond motifs is 1. The third-order valence-electron chi connectivity index (χ3n) is 2.57. The molecule has 0 bridgehead atoms. The number of hydrogen-bond acceptors (Lipinski definition) is 1. The van der Waals surface area contributed by atoms with E-state index < -0.39 is 0 Å². The van der Waals surface area contributed by atoms with Gasteiger partial charge >= 0.3 is 0 Å². The van der Waals surface area contributed by atoms with E-state index in [0.717, 1.165) is 5.69 Å². The topological polar surface area (TPSA) is 26.0 Å². The van der Waals surface area contributed by atoms with E-state index in [1.165, 1.54) is 16.3 Å². The maximum atomic E-state index is 5.99. The first-order valence-electron chi connectivity index (χ1n) is 4.96. The highest BCUT2D eigenvalue weighted by Crippen LogP contribution is 2.27. The van der Waals surface area contributed by atoms with Crippen LogP contribution in [-0.4, -0.2) is 0 Å². The van der Waals surface area contributed by atoms with Crippen LogP contribution in [0.25, 0.3) is 10.8 Å². The molecule has 0 aliphatic heterocycles. The number of hydrogen-bond donors (Lipinski definition) is 1. The van der Waals surface area contributed by atoms with Gasteiger partial charge in [0, 0.05) is 5.69 Å². The summed E-state index contributed by atoms with van der Waals surface area (Å²) in [7, 11) is 0. The van der Waals surface area contributed by atoms with Gasteiger partial charge in [-0.2, -0.15) is 0 Å². The van der Waals surface area contributed by atoms with Gasteiger partial charge in [-0.1, -0.05) is 38.1 Å². The molecule has 0 unspecified atom stereocenters. The molecule has 0 heterocycles. The molecule has 1 heteroatoms. The summed E-state index contributed by atoms with van der Waals surface area (Å²) in [5.41, 5.74) is 8.13. The minimum atomic E-state index is 0.486. The molecule has 2 rings (SSSR count). The molecule has 2 N–H and O–H groups in total. The highest BCUT2D eigenvalue weighted by atomic mass is 14.6. The minimum absolute atomic E-state index is 0.486. The largest absolute Gasteiger partial charge is 0.398 e. The second-order valence-corrected chi connectivity index (χ2v) is 3.98. The lowest BCUT2D eigenvalue weighted by Crippen LogP contribution is -1.96. The van der Waals surface area contributed by atoms with E-state index in [1.807, 2.05) is 6.07 Å². The molecule has 2 aromatic carbocycles. The van der Waals surface area contributed by atoms with Gasteiger partial charge in [0.15, 0.2) is 0 Å². The molecule has 0 saturated heterocycles. The lowest BCUT2D eigenvalue weighted by Gasteiger charge is -2.10. The van der Waals surface area contributed by atoms with Crippen LogP contribution in [0.1, 0.15) is 25.3 Å². The van der Waals surface area contributed by atoms with E-state index in [4.69, 9.17) is 5.73 Å². The molecule has 0 saturated carbocycles. The second kappa shape index (κ2) is 3.33. The van der Waals surface area contributed by atoms with Gasteiger partial charge in [-0.15, -0.1) is 0 Å². The maximum Gasteiger partial charge on any atom is 0.0355 e. The smallest absolute Gasteiger partial charge is 0.0355 e. The lowest BCUT2D eigenvalue weighted by molar-refractivity contribution is 0.872. The standard InChI is InChI=1S/C13H15N/c1-9(2)12-7-10-5-3-4-6-11(10)8-13(12)14/h3-9H,14H2,1-2H3. The zero-order chi connectivity index (χ0) is 10.1. The Kier molecular flexibility index (Phi) is 2.16. The van der Waals surface area contributed by atoms with Crippen molar-refractivity contribution in [3.8, 4) is 0 Å². The Morgan fingerprint density at radius 3 is 2.14 bits per heavy atom. The number of rotatable bonds is 1. The zero-order valence-corrected chi connectivity index (χ0v) is 8.62. The number of nitrogen functional groups attached to an aromatic ring is 1. The fourth-order valence-electron chi connectivity index (χ4n) is 1.78.